The maximum Gasteiger partial charge on any atom is 0.243 e. The maximum atomic E-state index is 12.5. The first-order chi connectivity index (χ1) is 11.9. The van der Waals surface area contributed by atoms with Crippen LogP contribution < -0.4 is 5.32 Å². The Bertz CT molecular complexity index is 663. The molecule has 0 bridgehead atoms. The fraction of sp³-hybridized carbons (Fsp3) is 0.611. The van der Waals surface area contributed by atoms with Crippen LogP contribution in [0, 0.1) is 0 Å². The van der Waals surface area contributed by atoms with E-state index in [-0.39, 0.29) is 11.9 Å². The van der Waals surface area contributed by atoms with E-state index in [9.17, 15) is 13.2 Å². The number of benzene rings is 1. The molecule has 1 N–H and O–H groups in total. The van der Waals surface area contributed by atoms with Crippen LogP contribution in [0.15, 0.2) is 29.2 Å². The molecular weight excluding hydrogens is 338 g/mol. The van der Waals surface area contributed by atoms with Crippen LogP contribution in [0.1, 0.15) is 45.2 Å². The summed E-state index contributed by atoms with van der Waals surface area (Å²) in [6.07, 6.45) is 2.17. The van der Waals surface area contributed by atoms with Crippen molar-refractivity contribution in [3.63, 3.8) is 0 Å². The lowest BCUT2D eigenvalue weighted by Crippen LogP contribution is -2.37. The molecule has 2 rings (SSSR count). The summed E-state index contributed by atoms with van der Waals surface area (Å²) in [5.74, 6) is 0.130. The zero-order chi connectivity index (χ0) is 18.4. The molecule has 25 heavy (non-hydrogen) atoms. The van der Waals surface area contributed by atoms with Crippen LogP contribution >= 0.6 is 0 Å². The summed E-state index contributed by atoms with van der Waals surface area (Å²) in [6.45, 7) is 8.57. The van der Waals surface area contributed by atoms with E-state index in [2.05, 4.69) is 5.32 Å². The molecule has 1 amide bonds. The molecule has 1 saturated heterocycles. The van der Waals surface area contributed by atoms with Crippen molar-refractivity contribution < 1.29 is 13.2 Å². The molecule has 1 aromatic rings. The van der Waals surface area contributed by atoms with Crippen LogP contribution in [0.2, 0.25) is 0 Å². The van der Waals surface area contributed by atoms with Gasteiger partial charge in [0.25, 0.3) is 0 Å². The highest BCUT2D eigenvalue weighted by Gasteiger charge is 2.22. The zero-order valence-electron chi connectivity index (χ0n) is 15.4. The third kappa shape index (κ3) is 4.80. The van der Waals surface area contributed by atoms with Gasteiger partial charge in [0.05, 0.1) is 11.4 Å². The lowest BCUT2D eigenvalue weighted by Gasteiger charge is -2.20. The number of nitrogens with zero attached hydrogens (tertiary/aromatic N) is 2. The van der Waals surface area contributed by atoms with Gasteiger partial charge in [0.1, 0.15) is 0 Å². The highest BCUT2D eigenvalue weighted by atomic mass is 32.2. The van der Waals surface area contributed by atoms with Crippen LogP contribution in [0.4, 0.5) is 0 Å². The minimum Gasteiger partial charge on any atom is -0.342 e. The van der Waals surface area contributed by atoms with E-state index in [0.717, 1.165) is 31.5 Å². The van der Waals surface area contributed by atoms with Gasteiger partial charge in [-0.25, -0.2) is 8.42 Å². The Labute approximate surface area is 151 Å². The molecule has 0 radical (unpaired) electrons. The molecule has 6 nitrogen and oxygen atoms in total. The Morgan fingerprint density at radius 3 is 2.24 bits per heavy atom. The van der Waals surface area contributed by atoms with Crippen molar-refractivity contribution in [1.29, 1.82) is 0 Å². The number of likely N-dealkylation sites (tertiary alicyclic amines) is 1. The van der Waals surface area contributed by atoms with Crippen LogP contribution in [-0.2, 0) is 14.8 Å². The van der Waals surface area contributed by atoms with E-state index in [1.165, 1.54) is 4.31 Å². The number of amides is 1. The summed E-state index contributed by atoms with van der Waals surface area (Å²) in [4.78, 5) is 14.3. The Kier molecular flexibility index (Phi) is 6.98. The molecule has 7 heteroatoms. The van der Waals surface area contributed by atoms with Crippen LogP contribution in [-0.4, -0.2) is 56.3 Å². The summed E-state index contributed by atoms with van der Waals surface area (Å²) >= 11 is 0. The summed E-state index contributed by atoms with van der Waals surface area (Å²) in [5, 5.41) is 3.23. The SMILES string of the molecule is CCN(CC)S(=O)(=O)c1ccc([C@H](C)NCC(=O)N2CCCC2)cc1. The number of hydrogen-bond acceptors (Lipinski definition) is 4. The monoisotopic (exact) mass is 367 g/mol. The summed E-state index contributed by atoms with van der Waals surface area (Å²) in [7, 11) is -3.43. The average molecular weight is 368 g/mol. The summed E-state index contributed by atoms with van der Waals surface area (Å²) in [5.41, 5.74) is 0.965. The second kappa shape index (κ2) is 8.78. The van der Waals surface area contributed by atoms with Crippen molar-refractivity contribution in [1.82, 2.24) is 14.5 Å². The van der Waals surface area contributed by atoms with E-state index in [1.54, 1.807) is 12.1 Å². The highest BCUT2D eigenvalue weighted by molar-refractivity contribution is 7.89. The lowest BCUT2D eigenvalue weighted by atomic mass is 10.1. The summed E-state index contributed by atoms with van der Waals surface area (Å²) < 4.78 is 26.4. The number of carbonyl (C=O) groups is 1. The fourth-order valence-electron chi connectivity index (χ4n) is 3.08. The molecule has 0 aromatic heterocycles. The smallest absolute Gasteiger partial charge is 0.243 e. The van der Waals surface area contributed by atoms with Gasteiger partial charge in [-0.1, -0.05) is 26.0 Å². The Morgan fingerprint density at radius 2 is 1.72 bits per heavy atom. The normalized spacial score (nSPS) is 16.4. The average Bonchev–Trinajstić information content (AvgIpc) is 3.15. The number of carbonyl (C=O) groups excluding carboxylic acids is 1. The predicted molar refractivity (Wildman–Crippen MR) is 98.8 cm³/mol. The van der Waals surface area contributed by atoms with Gasteiger partial charge in [-0.05, 0) is 37.5 Å². The zero-order valence-corrected chi connectivity index (χ0v) is 16.2. The van der Waals surface area contributed by atoms with E-state index < -0.39 is 10.0 Å². The minimum absolute atomic E-state index is 0.0169. The van der Waals surface area contributed by atoms with Crippen molar-refractivity contribution in [3.8, 4) is 0 Å². The van der Waals surface area contributed by atoms with Crippen LogP contribution in [0.25, 0.3) is 0 Å². The van der Waals surface area contributed by atoms with E-state index in [1.807, 2.05) is 37.8 Å². The van der Waals surface area contributed by atoms with Crippen molar-refractivity contribution in [2.75, 3.05) is 32.7 Å². The Hall–Kier alpha value is -1.44. The van der Waals surface area contributed by atoms with Crippen molar-refractivity contribution in [2.45, 2.75) is 44.6 Å². The van der Waals surface area contributed by atoms with E-state index >= 15 is 0 Å². The standard InChI is InChI=1S/C18H29N3O3S/c1-4-21(5-2)25(23,24)17-10-8-16(9-11-17)15(3)19-14-18(22)20-12-6-7-13-20/h8-11,15,19H,4-7,12-14H2,1-3H3/t15-/m0/s1. The van der Waals surface area contributed by atoms with Gasteiger partial charge in [-0.15, -0.1) is 0 Å². The fourth-order valence-corrected chi connectivity index (χ4v) is 4.54. The summed E-state index contributed by atoms with van der Waals surface area (Å²) in [6, 6.07) is 6.90. The molecule has 1 heterocycles. The molecular formula is C18H29N3O3S. The second-order valence-corrected chi connectivity index (χ2v) is 8.29. The first-order valence-corrected chi connectivity index (χ1v) is 10.5. The van der Waals surface area contributed by atoms with E-state index in [0.29, 0.717) is 24.5 Å². The molecule has 0 saturated carbocycles. The molecule has 1 atom stereocenters. The minimum atomic E-state index is -3.43. The van der Waals surface area contributed by atoms with Gasteiger partial charge in [-0.3, -0.25) is 4.79 Å². The number of hydrogen-bond donors (Lipinski definition) is 1. The van der Waals surface area contributed by atoms with Gasteiger partial charge in [0, 0.05) is 32.2 Å². The predicted octanol–water partition coefficient (Wildman–Crippen LogP) is 1.99. The lowest BCUT2D eigenvalue weighted by molar-refractivity contribution is -0.129. The Morgan fingerprint density at radius 1 is 1.16 bits per heavy atom. The third-order valence-electron chi connectivity index (χ3n) is 4.74. The number of rotatable bonds is 8. The largest absolute Gasteiger partial charge is 0.342 e. The van der Waals surface area contributed by atoms with Crippen molar-refractivity contribution in [2.24, 2.45) is 0 Å². The molecule has 0 aliphatic carbocycles. The molecule has 140 valence electrons. The topological polar surface area (TPSA) is 69.7 Å². The first-order valence-electron chi connectivity index (χ1n) is 9.01. The molecule has 1 aromatic carbocycles. The second-order valence-electron chi connectivity index (χ2n) is 6.35. The molecule has 1 aliphatic rings. The highest BCUT2D eigenvalue weighted by Crippen LogP contribution is 2.19. The van der Waals surface area contributed by atoms with Crippen molar-refractivity contribution in [3.05, 3.63) is 29.8 Å². The molecule has 1 fully saturated rings. The van der Waals surface area contributed by atoms with Gasteiger partial charge < -0.3 is 10.2 Å². The molecule has 1 aliphatic heterocycles. The number of sulfonamides is 1. The third-order valence-corrected chi connectivity index (χ3v) is 6.81. The quantitative estimate of drug-likeness (QED) is 0.763. The maximum absolute atomic E-state index is 12.5. The van der Waals surface area contributed by atoms with Crippen molar-refractivity contribution >= 4 is 15.9 Å². The Balaban J connectivity index is 1.97. The van der Waals surface area contributed by atoms with Gasteiger partial charge in [0.15, 0.2) is 0 Å². The van der Waals surface area contributed by atoms with Crippen LogP contribution in [0.5, 0.6) is 0 Å². The molecule has 0 spiro atoms. The van der Waals surface area contributed by atoms with Gasteiger partial charge >= 0.3 is 0 Å². The first kappa shape index (κ1) is 19.9. The van der Waals surface area contributed by atoms with E-state index in [4.69, 9.17) is 0 Å². The van der Waals surface area contributed by atoms with Gasteiger partial charge in [-0.2, -0.15) is 4.31 Å². The number of nitrogens with one attached hydrogen (secondary N) is 1. The van der Waals surface area contributed by atoms with Gasteiger partial charge in [0.2, 0.25) is 15.9 Å². The van der Waals surface area contributed by atoms with Crippen LogP contribution in [0.3, 0.4) is 0 Å². The molecule has 0 unspecified atom stereocenters.